The zero-order valence-corrected chi connectivity index (χ0v) is 12.9. The summed E-state index contributed by atoms with van der Waals surface area (Å²) in [5.74, 6) is -0.319. The number of nitrogens with zero attached hydrogens (tertiary/aromatic N) is 1. The van der Waals surface area contributed by atoms with Gasteiger partial charge >= 0.3 is 0 Å². The van der Waals surface area contributed by atoms with Crippen LogP contribution in [0.3, 0.4) is 0 Å². The molecule has 1 aromatic rings. The number of hydrogen-bond donors (Lipinski definition) is 2. The first-order valence-corrected chi connectivity index (χ1v) is 7.66. The minimum absolute atomic E-state index is 0.0153. The minimum atomic E-state index is -0.259. The number of hydrogen-bond acceptors (Lipinski definition) is 4. The van der Waals surface area contributed by atoms with Crippen LogP contribution in [0.5, 0.6) is 0 Å². The van der Waals surface area contributed by atoms with Crippen LogP contribution in [0.25, 0.3) is 0 Å². The van der Waals surface area contributed by atoms with Gasteiger partial charge in [0.2, 0.25) is 5.91 Å². The highest BCUT2D eigenvalue weighted by molar-refractivity contribution is 5.76. The topological polar surface area (TPSA) is 67.6 Å². The molecular formula is C16H24FN3O2. The third-order valence-electron chi connectivity index (χ3n) is 3.74. The van der Waals surface area contributed by atoms with Crippen LogP contribution in [0, 0.1) is 5.82 Å². The molecule has 1 aliphatic rings. The molecule has 0 radical (unpaired) electrons. The van der Waals surface area contributed by atoms with Crippen LogP contribution in [0.15, 0.2) is 24.3 Å². The number of carbonyl (C=O) groups is 1. The van der Waals surface area contributed by atoms with E-state index in [1.165, 1.54) is 12.1 Å². The Morgan fingerprint density at radius 1 is 1.36 bits per heavy atom. The summed E-state index contributed by atoms with van der Waals surface area (Å²) in [6.45, 7) is 5.23. The van der Waals surface area contributed by atoms with E-state index in [2.05, 4.69) is 10.2 Å². The van der Waals surface area contributed by atoms with Gasteiger partial charge in [-0.25, -0.2) is 4.39 Å². The number of benzene rings is 1. The van der Waals surface area contributed by atoms with Crippen molar-refractivity contribution in [3.8, 4) is 0 Å². The number of nitrogens with two attached hydrogens (primary N) is 1. The van der Waals surface area contributed by atoms with Crippen molar-refractivity contribution in [2.45, 2.75) is 25.4 Å². The molecule has 1 aliphatic heterocycles. The molecule has 122 valence electrons. The third kappa shape index (κ3) is 5.05. The molecule has 2 atom stereocenters. The van der Waals surface area contributed by atoms with Crippen molar-refractivity contribution >= 4 is 5.91 Å². The predicted octanol–water partition coefficient (Wildman–Crippen LogP) is 1.05. The van der Waals surface area contributed by atoms with Crippen molar-refractivity contribution in [2.24, 2.45) is 5.73 Å². The molecule has 5 nitrogen and oxygen atoms in total. The zero-order valence-electron chi connectivity index (χ0n) is 12.9. The SMILES string of the molecule is CC(N)CC(=O)NCC(c1ccc(F)cc1)N1CCOCC1. The number of halogens is 1. The number of rotatable bonds is 6. The highest BCUT2D eigenvalue weighted by atomic mass is 19.1. The van der Waals surface area contributed by atoms with E-state index in [1.54, 1.807) is 19.1 Å². The van der Waals surface area contributed by atoms with Gasteiger partial charge in [-0.15, -0.1) is 0 Å². The molecule has 2 unspecified atom stereocenters. The maximum atomic E-state index is 13.1. The van der Waals surface area contributed by atoms with Gasteiger partial charge in [0.1, 0.15) is 5.82 Å². The van der Waals surface area contributed by atoms with Crippen molar-refractivity contribution in [3.05, 3.63) is 35.6 Å². The first-order chi connectivity index (χ1) is 10.6. The van der Waals surface area contributed by atoms with Crippen LogP contribution < -0.4 is 11.1 Å². The molecule has 3 N–H and O–H groups in total. The Labute approximate surface area is 130 Å². The van der Waals surface area contributed by atoms with E-state index in [0.29, 0.717) is 26.2 Å². The fraction of sp³-hybridized carbons (Fsp3) is 0.562. The first-order valence-electron chi connectivity index (χ1n) is 7.66. The Morgan fingerprint density at radius 2 is 2.00 bits per heavy atom. The summed E-state index contributed by atoms with van der Waals surface area (Å²) in [7, 11) is 0. The van der Waals surface area contributed by atoms with E-state index in [0.717, 1.165) is 18.7 Å². The van der Waals surface area contributed by atoms with Gasteiger partial charge in [0, 0.05) is 32.1 Å². The summed E-state index contributed by atoms with van der Waals surface area (Å²) in [6.07, 6.45) is 0.305. The zero-order chi connectivity index (χ0) is 15.9. The van der Waals surface area contributed by atoms with Gasteiger partial charge in [0.25, 0.3) is 0 Å². The lowest BCUT2D eigenvalue weighted by Gasteiger charge is -2.35. The lowest BCUT2D eigenvalue weighted by molar-refractivity contribution is -0.121. The van der Waals surface area contributed by atoms with Crippen LogP contribution >= 0.6 is 0 Å². The second-order valence-electron chi connectivity index (χ2n) is 5.70. The predicted molar refractivity (Wildman–Crippen MR) is 82.8 cm³/mol. The first kappa shape index (κ1) is 16.9. The van der Waals surface area contributed by atoms with Crippen molar-refractivity contribution in [1.82, 2.24) is 10.2 Å². The van der Waals surface area contributed by atoms with Gasteiger partial charge < -0.3 is 15.8 Å². The maximum absolute atomic E-state index is 13.1. The number of amides is 1. The summed E-state index contributed by atoms with van der Waals surface area (Å²) < 4.78 is 18.5. The quantitative estimate of drug-likeness (QED) is 0.824. The van der Waals surface area contributed by atoms with Crippen molar-refractivity contribution in [1.29, 1.82) is 0 Å². The van der Waals surface area contributed by atoms with E-state index in [9.17, 15) is 9.18 Å². The molecule has 0 aromatic heterocycles. The molecule has 1 fully saturated rings. The monoisotopic (exact) mass is 309 g/mol. The Hall–Kier alpha value is -1.50. The Bertz CT molecular complexity index is 473. The molecule has 0 spiro atoms. The van der Waals surface area contributed by atoms with Gasteiger partial charge in [0.15, 0.2) is 0 Å². The molecule has 1 aromatic carbocycles. The fourth-order valence-corrected chi connectivity index (χ4v) is 2.61. The van der Waals surface area contributed by atoms with Crippen molar-refractivity contribution in [3.63, 3.8) is 0 Å². The average Bonchev–Trinajstić information content (AvgIpc) is 2.49. The van der Waals surface area contributed by atoms with Gasteiger partial charge in [-0.1, -0.05) is 12.1 Å². The highest BCUT2D eigenvalue weighted by Gasteiger charge is 2.23. The summed E-state index contributed by atoms with van der Waals surface area (Å²) in [5.41, 5.74) is 6.63. The number of carbonyl (C=O) groups excluding carboxylic acids is 1. The lowest BCUT2D eigenvalue weighted by atomic mass is 10.0. The van der Waals surface area contributed by atoms with Crippen LogP contribution in [-0.2, 0) is 9.53 Å². The summed E-state index contributed by atoms with van der Waals surface area (Å²) >= 11 is 0. The lowest BCUT2D eigenvalue weighted by Crippen LogP contribution is -2.44. The number of morpholine rings is 1. The Kier molecular flexibility index (Phi) is 6.30. The van der Waals surface area contributed by atoms with Crippen LogP contribution in [-0.4, -0.2) is 49.7 Å². The molecule has 6 heteroatoms. The van der Waals surface area contributed by atoms with Crippen molar-refractivity contribution < 1.29 is 13.9 Å². The van der Waals surface area contributed by atoms with Gasteiger partial charge in [-0.05, 0) is 24.6 Å². The maximum Gasteiger partial charge on any atom is 0.221 e. The molecule has 2 rings (SSSR count). The number of ether oxygens (including phenoxy) is 1. The molecule has 0 bridgehead atoms. The molecule has 22 heavy (non-hydrogen) atoms. The second kappa shape index (κ2) is 8.22. The van der Waals surface area contributed by atoms with Crippen LogP contribution in [0.4, 0.5) is 4.39 Å². The molecule has 1 heterocycles. The summed E-state index contributed by atoms with van der Waals surface area (Å²) in [5, 5.41) is 2.93. The molecule has 0 saturated carbocycles. The van der Waals surface area contributed by atoms with E-state index in [4.69, 9.17) is 10.5 Å². The summed E-state index contributed by atoms with van der Waals surface area (Å²) in [6, 6.07) is 6.30. The van der Waals surface area contributed by atoms with E-state index >= 15 is 0 Å². The minimum Gasteiger partial charge on any atom is -0.379 e. The van der Waals surface area contributed by atoms with Crippen LogP contribution in [0.2, 0.25) is 0 Å². The molecule has 1 saturated heterocycles. The molecule has 0 aliphatic carbocycles. The largest absolute Gasteiger partial charge is 0.379 e. The highest BCUT2D eigenvalue weighted by Crippen LogP contribution is 2.21. The fourth-order valence-electron chi connectivity index (χ4n) is 2.61. The third-order valence-corrected chi connectivity index (χ3v) is 3.74. The summed E-state index contributed by atoms with van der Waals surface area (Å²) in [4.78, 5) is 14.1. The van der Waals surface area contributed by atoms with Gasteiger partial charge in [0.05, 0.1) is 19.3 Å². The van der Waals surface area contributed by atoms with Crippen molar-refractivity contribution in [2.75, 3.05) is 32.8 Å². The standard InChI is InChI=1S/C16H24FN3O2/c1-12(18)10-16(21)19-11-15(20-6-8-22-9-7-20)13-2-4-14(17)5-3-13/h2-5,12,15H,6-11,18H2,1H3,(H,19,21). The molecular weight excluding hydrogens is 285 g/mol. The van der Waals surface area contributed by atoms with Crippen LogP contribution in [0.1, 0.15) is 24.9 Å². The number of nitrogens with one attached hydrogen (secondary N) is 1. The normalized spacial score (nSPS) is 18.7. The van der Waals surface area contributed by atoms with E-state index in [-0.39, 0.29) is 23.8 Å². The van der Waals surface area contributed by atoms with Gasteiger partial charge in [-0.2, -0.15) is 0 Å². The Balaban J connectivity index is 2.04. The van der Waals surface area contributed by atoms with E-state index < -0.39 is 0 Å². The smallest absolute Gasteiger partial charge is 0.221 e. The van der Waals surface area contributed by atoms with E-state index in [1.807, 2.05) is 0 Å². The second-order valence-corrected chi connectivity index (χ2v) is 5.70. The Morgan fingerprint density at radius 3 is 2.59 bits per heavy atom. The van der Waals surface area contributed by atoms with Gasteiger partial charge in [-0.3, -0.25) is 9.69 Å². The molecule has 1 amide bonds. The average molecular weight is 309 g/mol.